The van der Waals surface area contributed by atoms with Gasteiger partial charge in [-0.3, -0.25) is 19.2 Å². The number of hydrogen-bond donors (Lipinski definition) is 0. The van der Waals surface area contributed by atoms with E-state index in [4.69, 9.17) is 0 Å². The highest BCUT2D eigenvalue weighted by Crippen LogP contribution is 2.47. The van der Waals surface area contributed by atoms with Crippen molar-refractivity contribution in [2.24, 2.45) is 47.8 Å². The van der Waals surface area contributed by atoms with Gasteiger partial charge >= 0.3 is 0 Å². The molecular weight excluding hydrogens is 544 g/mol. The van der Waals surface area contributed by atoms with E-state index in [0.717, 1.165) is 82.8 Å². The van der Waals surface area contributed by atoms with Gasteiger partial charge in [-0.15, -0.1) is 22.7 Å². The Hall–Kier alpha value is -3.24. The van der Waals surface area contributed by atoms with Crippen molar-refractivity contribution in [1.82, 2.24) is 9.13 Å². The fraction of sp³-hybridized carbons (Fsp3) is 0.467. The minimum Gasteiger partial charge on any atom is -0.340 e. The number of fused-ring (bicyclic) bond motifs is 7. The highest BCUT2D eigenvalue weighted by Gasteiger charge is 2.48. The number of Topliss-reactive ketones (excluding diaryl/α,β-unsaturated/α-hetero) is 4. The summed E-state index contributed by atoms with van der Waals surface area (Å²) < 4.78 is 6.35. The van der Waals surface area contributed by atoms with Gasteiger partial charge < -0.3 is 9.13 Å². The summed E-state index contributed by atoms with van der Waals surface area (Å²) in [4.78, 5) is 61.2. The molecule has 10 heteroatoms. The van der Waals surface area contributed by atoms with Gasteiger partial charge in [0.1, 0.15) is 10.0 Å². The van der Waals surface area contributed by atoms with Crippen LogP contribution >= 0.6 is 22.7 Å². The van der Waals surface area contributed by atoms with Crippen molar-refractivity contribution in [2.45, 2.75) is 51.4 Å². The Balaban J connectivity index is 1.19. The first-order valence-corrected chi connectivity index (χ1v) is 15.8. The number of aromatic nitrogens is 2. The van der Waals surface area contributed by atoms with Gasteiger partial charge in [0.15, 0.2) is 34.6 Å². The molecule has 4 heterocycles. The van der Waals surface area contributed by atoms with E-state index >= 15 is 0 Å². The standard InChI is InChI=1S/C30H28N4O4S2/c1-33-17-11-19(31-21-25(35)13-7-3-4-8-14(13)26(21)36)39-29(17)24-23(33)30-18(34(24)2)12-20(40-30)32-22-27(37)15-9-5-6-10-16(15)28(22)38/h11-16H,3-10H2,1-2H3. The SMILES string of the molecule is Cn1c2cc(N=C3C(=O)C4CCCCC4C3=O)sc2c2c1c1sc(N=C3C(=O)C4CCCCC4C3=O)cc1n2C. The largest absolute Gasteiger partial charge is 0.340 e. The number of carbonyl (C=O) groups excluding carboxylic acids is 4. The lowest BCUT2D eigenvalue weighted by molar-refractivity contribution is -0.120. The number of rotatable bonds is 2. The molecule has 4 fully saturated rings. The molecule has 4 saturated carbocycles. The lowest BCUT2D eigenvalue weighted by Gasteiger charge is -2.20. The Morgan fingerprint density at radius 2 is 0.925 bits per heavy atom. The topological polar surface area (TPSA) is 103 Å². The monoisotopic (exact) mass is 572 g/mol. The van der Waals surface area contributed by atoms with E-state index in [9.17, 15) is 19.2 Å². The zero-order chi connectivity index (χ0) is 27.4. The number of nitrogens with zero attached hydrogens (tertiary/aromatic N) is 4. The number of ketones is 4. The molecule has 0 radical (unpaired) electrons. The van der Waals surface area contributed by atoms with Gasteiger partial charge in [0.2, 0.25) is 0 Å². The van der Waals surface area contributed by atoms with Crippen molar-refractivity contribution in [3.63, 3.8) is 0 Å². The second kappa shape index (κ2) is 8.63. The minimum atomic E-state index is -0.183. The molecular formula is C30H28N4O4S2. The van der Waals surface area contributed by atoms with Crippen LogP contribution in [0.4, 0.5) is 10.0 Å². The van der Waals surface area contributed by atoms with Crippen molar-refractivity contribution in [2.75, 3.05) is 0 Å². The lowest BCUT2D eigenvalue weighted by atomic mass is 9.81. The number of thiophene rings is 2. The first-order valence-electron chi connectivity index (χ1n) is 14.2. The highest BCUT2D eigenvalue weighted by atomic mass is 32.1. The Labute approximate surface area is 237 Å². The molecule has 0 amide bonds. The maximum Gasteiger partial charge on any atom is 0.188 e. The van der Waals surface area contributed by atoms with Crippen LogP contribution in [0.2, 0.25) is 0 Å². The number of aliphatic imine (C=N–C) groups is 2. The summed E-state index contributed by atoms with van der Waals surface area (Å²) in [7, 11) is 4.02. The van der Waals surface area contributed by atoms with Gasteiger partial charge in [-0.25, -0.2) is 9.98 Å². The van der Waals surface area contributed by atoms with E-state index in [1.54, 1.807) is 0 Å². The third-order valence-corrected chi connectivity index (χ3v) is 11.8. The average molecular weight is 573 g/mol. The molecule has 0 N–H and O–H groups in total. The van der Waals surface area contributed by atoms with Crippen molar-refractivity contribution >= 4 is 98.7 Å². The van der Waals surface area contributed by atoms with Crippen LogP contribution < -0.4 is 0 Å². The zero-order valence-electron chi connectivity index (χ0n) is 22.4. The fourth-order valence-electron chi connectivity index (χ4n) is 7.67. The second-order valence-electron chi connectivity index (χ2n) is 11.8. The molecule has 0 aromatic carbocycles. The molecule has 4 aliphatic carbocycles. The van der Waals surface area contributed by atoms with E-state index in [1.165, 1.54) is 22.7 Å². The van der Waals surface area contributed by atoms with Gasteiger partial charge in [0.05, 0.1) is 31.5 Å². The molecule has 8 rings (SSSR count). The van der Waals surface area contributed by atoms with Crippen LogP contribution in [-0.4, -0.2) is 43.7 Å². The molecule has 0 bridgehead atoms. The lowest BCUT2D eigenvalue weighted by Crippen LogP contribution is -2.21. The third-order valence-electron chi connectivity index (χ3n) is 9.70. The fourth-order valence-corrected chi connectivity index (χ4v) is 9.96. The van der Waals surface area contributed by atoms with Gasteiger partial charge in [-0.2, -0.15) is 0 Å². The summed E-state index contributed by atoms with van der Waals surface area (Å²) in [6.07, 6.45) is 7.16. The smallest absolute Gasteiger partial charge is 0.188 e. The number of aryl methyl sites for hydroxylation is 2. The number of carbonyl (C=O) groups is 4. The molecule has 4 aliphatic rings. The Morgan fingerprint density at radius 3 is 1.25 bits per heavy atom. The van der Waals surface area contributed by atoms with Gasteiger partial charge in [-0.05, 0) is 37.8 Å². The highest BCUT2D eigenvalue weighted by molar-refractivity contribution is 7.25. The maximum atomic E-state index is 13.0. The normalized spacial score (nSPS) is 27.1. The van der Waals surface area contributed by atoms with Crippen molar-refractivity contribution < 1.29 is 19.2 Å². The molecule has 0 spiro atoms. The zero-order valence-corrected chi connectivity index (χ0v) is 24.0. The van der Waals surface area contributed by atoms with E-state index in [2.05, 4.69) is 19.1 Å². The van der Waals surface area contributed by atoms with Crippen LogP contribution in [0.3, 0.4) is 0 Å². The van der Waals surface area contributed by atoms with Crippen LogP contribution in [0.15, 0.2) is 22.1 Å². The van der Waals surface area contributed by atoms with Crippen LogP contribution in [-0.2, 0) is 33.3 Å². The summed E-state index contributed by atoms with van der Waals surface area (Å²) >= 11 is 3.00. The van der Waals surface area contributed by atoms with Crippen molar-refractivity contribution in [3.05, 3.63) is 12.1 Å². The van der Waals surface area contributed by atoms with Gasteiger partial charge in [0, 0.05) is 37.8 Å². The van der Waals surface area contributed by atoms with E-state index < -0.39 is 0 Å². The molecule has 204 valence electrons. The Kier molecular flexibility index (Phi) is 5.30. The predicted molar refractivity (Wildman–Crippen MR) is 158 cm³/mol. The third kappa shape index (κ3) is 3.23. The Morgan fingerprint density at radius 1 is 0.600 bits per heavy atom. The summed E-state index contributed by atoms with van der Waals surface area (Å²) in [6.45, 7) is 0. The summed E-state index contributed by atoms with van der Waals surface area (Å²) in [6, 6.07) is 3.93. The van der Waals surface area contributed by atoms with Crippen molar-refractivity contribution in [3.8, 4) is 0 Å². The second-order valence-corrected chi connectivity index (χ2v) is 13.8. The molecule has 4 atom stereocenters. The van der Waals surface area contributed by atoms with Gasteiger partial charge in [0.25, 0.3) is 0 Å². The first kappa shape index (κ1) is 24.5. The molecule has 0 saturated heterocycles. The first-order chi connectivity index (χ1) is 19.3. The molecule has 4 unspecified atom stereocenters. The molecule has 4 aromatic heterocycles. The van der Waals surface area contributed by atoms with Crippen LogP contribution in [0.25, 0.3) is 31.5 Å². The van der Waals surface area contributed by atoms with Crippen LogP contribution in [0.5, 0.6) is 0 Å². The van der Waals surface area contributed by atoms with E-state index in [0.29, 0.717) is 10.0 Å². The van der Waals surface area contributed by atoms with E-state index in [1.807, 2.05) is 26.2 Å². The Bertz CT molecular complexity index is 1710. The number of hydrogen-bond acceptors (Lipinski definition) is 8. The molecule has 40 heavy (non-hydrogen) atoms. The quantitative estimate of drug-likeness (QED) is 0.294. The summed E-state index contributed by atoms with van der Waals surface area (Å²) in [5, 5.41) is 1.35. The van der Waals surface area contributed by atoms with Crippen LogP contribution in [0, 0.1) is 23.7 Å². The van der Waals surface area contributed by atoms with Gasteiger partial charge in [-0.1, -0.05) is 25.7 Å². The molecule has 0 aliphatic heterocycles. The average Bonchev–Trinajstić information content (AvgIpc) is 3.76. The molecule has 4 aromatic rings. The van der Waals surface area contributed by atoms with Crippen molar-refractivity contribution in [1.29, 1.82) is 0 Å². The summed E-state index contributed by atoms with van der Waals surface area (Å²) in [5.41, 5.74) is 4.37. The van der Waals surface area contributed by atoms with E-state index in [-0.39, 0.29) is 58.2 Å². The molecule has 8 nitrogen and oxygen atoms in total. The summed E-state index contributed by atoms with van der Waals surface area (Å²) in [5.74, 6) is -1.05. The van der Waals surface area contributed by atoms with Crippen LogP contribution in [0.1, 0.15) is 51.4 Å². The predicted octanol–water partition coefficient (Wildman–Crippen LogP) is 6.01. The minimum absolute atomic E-state index is 0.0793. The maximum absolute atomic E-state index is 13.0.